The van der Waals surface area contributed by atoms with Gasteiger partial charge in [-0.15, -0.1) is 0 Å². The fourth-order valence-corrected chi connectivity index (χ4v) is 2.07. The maximum Gasteiger partial charge on any atom is 0.125 e. The summed E-state index contributed by atoms with van der Waals surface area (Å²) in [5, 5.41) is 3.55. The molecule has 0 radical (unpaired) electrons. The number of furan rings is 1. The predicted molar refractivity (Wildman–Crippen MR) is 76.1 cm³/mol. The molecule has 0 aliphatic carbocycles. The van der Waals surface area contributed by atoms with Crippen LogP contribution in [0.25, 0.3) is 0 Å². The average molecular weight is 259 g/mol. The van der Waals surface area contributed by atoms with Crippen LogP contribution in [0.1, 0.15) is 31.2 Å². The fraction of sp³-hybridized carbons (Fsp3) is 0.375. The monoisotopic (exact) mass is 259 g/mol. The molecular weight excluding hydrogens is 238 g/mol. The van der Waals surface area contributed by atoms with Crippen LogP contribution in [0.4, 0.5) is 0 Å². The third-order valence-electron chi connectivity index (χ3n) is 2.98. The lowest BCUT2D eigenvalue weighted by Gasteiger charge is -2.22. The standard InChI is InChI=1S/C16H21NO2/c1-3-18-12-13(2)17-16(15-10-7-11-19-15)14-8-5-4-6-9-14/h4-11,13,16-17H,3,12H2,1-2H3. The lowest BCUT2D eigenvalue weighted by molar-refractivity contribution is 0.124. The van der Waals surface area contributed by atoms with Gasteiger partial charge in [0, 0.05) is 12.6 Å². The number of benzene rings is 1. The van der Waals surface area contributed by atoms with Crippen molar-refractivity contribution in [3.05, 3.63) is 60.1 Å². The van der Waals surface area contributed by atoms with Crippen molar-refractivity contribution in [1.29, 1.82) is 0 Å². The number of ether oxygens (including phenoxy) is 1. The van der Waals surface area contributed by atoms with Gasteiger partial charge in [-0.3, -0.25) is 5.32 Å². The Bertz CT molecular complexity index is 453. The van der Waals surface area contributed by atoms with Crippen molar-refractivity contribution in [3.63, 3.8) is 0 Å². The SMILES string of the molecule is CCOCC(C)NC(c1ccccc1)c1ccco1. The largest absolute Gasteiger partial charge is 0.467 e. The van der Waals surface area contributed by atoms with E-state index >= 15 is 0 Å². The Morgan fingerprint density at radius 1 is 1.16 bits per heavy atom. The molecule has 0 amide bonds. The van der Waals surface area contributed by atoms with Crippen LogP contribution in [0, 0.1) is 0 Å². The van der Waals surface area contributed by atoms with Gasteiger partial charge >= 0.3 is 0 Å². The smallest absolute Gasteiger partial charge is 0.125 e. The summed E-state index contributed by atoms with van der Waals surface area (Å²) in [5.74, 6) is 0.926. The number of hydrogen-bond donors (Lipinski definition) is 1. The molecule has 0 fully saturated rings. The highest BCUT2D eigenvalue weighted by Gasteiger charge is 2.18. The predicted octanol–water partition coefficient (Wildman–Crippen LogP) is 3.38. The van der Waals surface area contributed by atoms with E-state index in [1.165, 1.54) is 5.56 Å². The first-order valence-corrected chi connectivity index (χ1v) is 6.73. The van der Waals surface area contributed by atoms with Gasteiger partial charge in [0.05, 0.1) is 18.9 Å². The molecule has 1 aromatic carbocycles. The van der Waals surface area contributed by atoms with Crippen molar-refractivity contribution in [1.82, 2.24) is 5.32 Å². The van der Waals surface area contributed by atoms with Gasteiger partial charge in [-0.05, 0) is 31.5 Å². The third kappa shape index (κ3) is 3.94. The molecule has 1 N–H and O–H groups in total. The van der Waals surface area contributed by atoms with Crippen LogP contribution in [0.2, 0.25) is 0 Å². The Balaban J connectivity index is 2.12. The second kappa shape index (κ2) is 7.12. The molecule has 2 aromatic rings. The Labute approximate surface area is 114 Å². The van der Waals surface area contributed by atoms with Crippen molar-refractivity contribution in [3.8, 4) is 0 Å². The fourth-order valence-electron chi connectivity index (χ4n) is 2.07. The molecule has 2 rings (SSSR count). The normalized spacial score (nSPS) is 14.2. The first-order valence-electron chi connectivity index (χ1n) is 6.73. The third-order valence-corrected chi connectivity index (χ3v) is 2.98. The Morgan fingerprint density at radius 3 is 2.58 bits per heavy atom. The first-order chi connectivity index (χ1) is 9.31. The molecule has 3 heteroatoms. The zero-order valence-electron chi connectivity index (χ0n) is 11.5. The average Bonchev–Trinajstić information content (AvgIpc) is 2.97. The van der Waals surface area contributed by atoms with Crippen molar-refractivity contribution in [2.75, 3.05) is 13.2 Å². The number of rotatable bonds is 7. The molecule has 2 atom stereocenters. The highest BCUT2D eigenvalue weighted by atomic mass is 16.5. The maximum atomic E-state index is 5.55. The summed E-state index contributed by atoms with van der Waals surface area (Å²) in [5.41, 5.74) is 1.20. The Kier molecular flexibility index (Phi) is 5.19. The van der Waals surface area contributed by atoms with Gasteiger partial charge < -0.3 is 9.15 Å². The zero-order chi connectivity index (χ0) is 13.5. The molecule has 1 aromatic heterocycles. The minimum atomic E-state index is 0.0617. The van der Waals surface area contributed by atoms with Gasteiger partial charge in [-0.25, -0.2) is 0 Å². The molecule has 0 saturated carbocycles. The summed E-state index contributed by atoms with van der Waals surface area (Å²) in [6.45, 7) is 5.56. The van der Waals surface area contributed by atoms with Crippen LogP contribution in [0.15, 0.2) is 53.1 Å². The summed E-state index contributed by atoms with van der Waals surface area (Å²) < 4.78 is 11.0. The van der Waals surface area contributed by atoms with Gasteiger partial charge in [-0.2, -0.15) is 0 Å². The van der Waals surface area contributed by atoms with Gasteiger partial charge in [0.1, 0.15) is 5.76 Å². The van der Waals surface area contributed by atoms with E-state index < -0.39 is 0 Å². The van der Waals surface area contributed by atoms with Crippen LogP contribution >= 0.6 is 0 Å². The van der Waals surface area contributed by atoms with Gasteiger partial charge in [0.25, 0.3) is 0 Å². The van der Waals surface area contributed by atoms with Crippen LogP contribution in [0.5, 0.6) is 0 Å². The first kappa shape index (κ1) is 13.8. The second-order valence-electron chi connectivity index (χ2n) is 4.59. The van der Waals surface area contributed by atoms with E-state index in [0.29, 0.717) is 6.61 Å². The maximum absolute atomic E-state index is 5.55. The van der Waals surface area contributed by atoms with E-state index in [0.717, 1.165) is 12.4 Å². The van der Waals surface area contributed by atoms with Gasteiger partial charge in [0.2, 0.25) is 0 Å². The van der Waals surface area contributed by atoms with E-state index in [9.17, 15) is 0 Å². The highest BCUT2D eigenvalue weighted by molar-refractivity contribution is 5.26. The molecule has 0 saturated heterocycles. The quantitative estimate of drug-likeness (QED) is 0.827. The van der Waals surface area contributed by atoms with Crippen molar-refractivity contribution >= 4 is 0 Å². The molecule has 0 aliphatic rings. The topological polar surface area (TPSA) is 34.4 Å². The van der Waals surface area contributed by atoms with Crippen LogP contribution in [-0.4, -0.2) is 19.3 Å². The van der Waals surface area contributed by atoms with Crippen molar-refractivity contribution < 1.29 is 9.15 Å². The lowest BCUT2D eigenvalue weighted by Crippen LogP contribution is -2.34. The lowest BCUT2D eigenvalue weighted by atomic mass is 10.0. The van der Waals surface area contributed by atoms with E-state index in [1.54, 1.807) is 6.26 Å². The second-order valence-corrected chi connectivity index (χ2v) is 4.59. The molecule has 1 heterocycles. The van der Waals surface area contributed by atoms with Gasteiger partial charge in [0.15, 0.2) is 0 Å². The summed E-state index contributed by atoms with van der Waals surface area (Å²) in [4.78, 5) is 0. The summed E-state index contributed by atoms with van der Waals surface area (Å²) in [6, 6.07) is 14.5. The van der Waals surface area contributed by atoms with Crippen LogP contribution < -0.4 is 5.32 Å². The molecule has 2 unspecified atom stereocenters. The van der Waals surface area contributed by atoms with Crippen molar-refractivity contribution in [2.45, 2.75) is 25.9 Å². The number of hydrogen-bond acceptors (Lipinski definition) is 3. The zero-order valence-corrected chi connectivity index (χ0v) is 11.5. The van der Waals surface area contributed by atoms with Crippen LogP contribution in [0.3, 0.4) is 0 Å². The minimum Gasteiger partial charge on any atom is -0.467 e. The van der Waals surface area contributed by atoms with E-state index in [-0.39, 0.29) is 12.1 Å². The molecule has 102 valence electrons. The summed E-state index contributed by atoms with van der Waals surface area (Å²) in [6.07, 6.45) is 1.71. The number of nitrogens with one attached hydrogen (secondary N) is 1. The summed E-state index contributed by atoms with van der Waals surface area (Å²) in [7, 11) is 0. The molecule has 0 aliphatic heterocycles. The summed E-state index contributed by atoms with van der Waals surface area (Å²) >= 11 is 0. The van der Waals surface area contributed by atoms with E-state index in [4.69, 9.17) is 9.15 Å². The van der Waals surface area contributed by atoms with Crippen LogP contribution in [-0.2, 0) is 4.74 Å². The highest BCUT2D eigenvalue weighted by Crippen LogP contribution is 2.22. The van der Waals surface area contributed by atoms with E-state index in [1.807, 2.05) is 37.3 Å². The Hall–Kier alpha value is -1.58. The Morgan fingerprint density at radius 2 is 1.95 bits per heavy atom. The van der Waals surface area contributed by atoms with Gasteiger partial charge in [-0.1, -0.05) is 30.3 Å². The molecule has 0 spiro atoms. The molecule has 19 heavy (non-hydrogen) atoms. The minimum absolute atomic E-state index is 0.0617. The van der Waals surface area contributed by atoms with E-state index in [2.05, 4.69) is 24.4 Å². The molecule has 3 nitrogen and oxygen atoms in total. The molecule has 0 bridgehead atoms. The van der Waals surface area contributed by atoms with Crippen molar-refractivity contribution in [2.24, 2.45) is 0 Å². The molecular formula is C16H21NO2.